The number of amides is 1. The van der Waals surface area contributed by atoms with Gasteiger partial charge in [0.1, 0.15) is 0 Å². The fourth-order valence-corrected chi connectivity index (χ4v) is 8.97. The summed E-state index contributed by atoms with van der Waals surface area (Å²) < 4.78 is 5.71. The average Bonchev–Trinajstić information content (AvgIpc) is 3.21. The van der Waals surface area contributed by atoms with Crippen LogP contribution in [0, 0.1) is 20.8 Å². The largest absolute Gasteiger partial charge is 0.381 e. The van der Waals surface area contributed by atoms with E-state index in [4.69, 9.17) is 4.74 Å². The normalized spacial score (nSPS) is 15.6. The Hall–Kier alpha value is -3.46. The van der Waals surface area contributed by atoms with Crippen molar-refractivity contribution in [3.63, 3.8) is 0 Å². The third-order valence-corrected chi connectivity index (χ3v) is 12.6. The van der Waals surface area contributed by atoms with E-state index in [0.29, 0.717) is 17.2 Å². The van der Waals surface area contributed by atoms with Gasteiger partial charge in [-0.25, -0.2) is 0 Å². The summed E-state index contributed by atoms with van der Waals surface area (Å²) in [5.74, 6) is -0.164. The number of pyridine rings is 1. The summed E-state index contributed by atoms with van der Waals surface area (Å²) in [6.45, 7) is 19.6. The van der Waals surface area contributed by atoms with Crippen molar-refractivity contribution in [2.75, 3.05) is 57.4 Å². The number of aryl methyl sites for hydroxylation is 2. The van der Waals surface area contributed by atoms with Crippen molar-refractivity contribution in [1.29, 1.82) is 0 Å². The summed E-state index contributed by atoms with van der Waals surface area (Å²) in [5.41, 5.74) is 8.30. The lowest BCUT2D eigenvalue weighted by atomic mass is 9.94. The minimum atomic E-state index is -0.164. The zero-order chi connectivity index (χ0) is 40.4. The maximum atomic E-state index is 13.9. The number of ether oxygens (including phenoxy) is 1. The van der Waals surface area contributed by atoms with Gasteiger partial charge in [-0.1, -0.05) is 108 Å². The van der Waals surface area contributed by atoms with Gasteiger partial charge in [-0.05, 0) is 99.5 Å². The molecule has 0 spiro atoms. The van der Waals surface area contributed by atoms with Crippen LogP contribution in [-0.4, -0.2) is 79.2 Å². The lowest BCUT2D eigenvalue weighted by Gasteiger charge is -2.37. The molecule has 8 heteroatoms. The fraction of sp³-hybridized carbons (Fsp3) is 0.633. The number of piperazine rings is 1. The highest BCUT2D eigenvalue weighted by molar-refractivity contribution is 5.99. The number of benzene rings is 2. The summed E-state index contributed by atoms with van der Waals surface area (Å²) in [7, 11) is 0. The van der Waals surface area contributed by atoms with Crippen molar-refractivity contribution < 1.29 is 9.53 Å². The fourth-order valence-electron chi connectivity index (χ4n) is 8.97. The Kier molecular flexibility index (Phi) is 18.7. The first-order valence-electron chi connectivity index (χ1n) is 22.8. The molecule has 1 aromatic heterocycles. The highest BCUT2D eigenvalue weighted by atomic mass is 16.5. The second kappa shape index (κ2) is 23.8. The van der Waals surface area contributed by atoms with Crippen LogP contribution in [0.25, 0.3) is 11.1 Å². The number of unbranched alkanes of at least 4 members (excludes halogenated alkanes) is 12. The van der Waals surface area contributed by atoms with Gasteiger partial charge in [-0.15, -0.1) is 0 Å². The smallest absolute Gasteiger partial charge is 0.253 e. The van der Waals surface area contributed by atoms with Crippen molar-refractivity contribution in [3.05, 3.63) is 86.3 Å². The molecule has 2 N–H and O–H groups in total. The predicted octanol–water partition coefficient (Wildman–Crippen LogP) is 10.1. The van der Waals surface area contributed by atoms with Crippen LogP contribution in [0.15, 0.2) is 47.3 Å². The number of aromatic amines is 1. The summed E-state index contributed by atoms with van der Waals surface area (Å²) in [4.78, 5) is 37.3. The van der Waals surface area contributed by atoms with Gasteiger partial charge in [-0.2, -0.15) is 0 Å². The van der Waals surface area contributed by atoms with Gasteiger partial charge in [0.2, 0.25) is 0 Å². The second-order valence-corrected chi connectivity index (χ2v) is 17.0. The molecule has 2 fully saturated rings. The molecule has 0 radical (unpaired) electrons. The second-order valence-electron chi connectivity index (χ2n) is 17.0. The van der Waals surface area contributed by atoms with Crippen molar-refractivity contribution in [2.24, 2.45) is 0 Å². The molecule has 57 heavy (non-hydrogen) atoms. The minimum Gasteiger partial charge on any atom is -0.381 e. The number of hydrogen-bond donors (Lipinski definition) is 2. The van der Waals surface area contributed by atoms with Crippen LogP contribution in [0.3, 0.4) is 0 Å². The molecular formula is C49H75N5O3. The average molecular weight is 782 g/mol. The molecule has 0 unspecified atom stereocenters. The standard InChI is InChI=1S/C49H75N5O3/c1-6-8-9-10-11-12-13-14-15-16-17-18-19-26-52-27-29-53(30-28-52)37-41-20-22-42(23-21-41)43-34-45(48(55)50-36-46-38(3)33-39(4)51-49(46)56)40(5)47(35-43)54(7-2)44-24-31-57-32-25-44/h20-23,33-35,44H,6-19,24-32,36-37H2,1-5H3,(H,50,55)(H,51,56). The van der Waals surface area contributed by atoms with Crippen molar-refractivity contribution in [3.8, 4) is 11.1 Å². The maximum Gasteiger partial charge on any atom is 0.253 e. The van der Waals surface area contributed by atoms with Gasteiger partial charge in [0.15, 0.2) is 0 Å². The van der Waals surface area contributed by atoms with Crippen LogP contribution in [-0.2, 0) is 17.8 Å². The number of aromatic nitrogens is 1. The molecule has 3 heterocycles. The number of rotatable bonds is 23. The quantitative estimate of drug-likeness (QED) is 0.0933. The first-order valence-corrected chi connectivity index (χ1v) is 22.8. The van der Waals surface area contributed by atoms with Crippen LogP contribution < -0.4 is 15.8 Å². The molecule has 0 bridgehead atoms. The zero-order valence-corrected chi connectivity index (χ0v) is 36.4. The van der Waals surface area contributed by atoms with E-state index in [9.17, 15) is 9.59 Å². The van der Waals surface area contributed by atoms with Crippen molar-refractivity contribution in [1.82, 2.24) is 20.1 Å². The van der Waals surface area contributed by atoms with Gasteiger partial charge < -0.3 is 24.8 Å². The molecule has 0 aliphatic carbocycles. The molecule has 0 atom stereocenters. The maximum absolute atomic E-state index is 13.9. The van der Waals surface area contributed by atoms with Crippen LogP contribution in [0.5, 0.6) is 0 Å². The van der Waals surface area contributed by atoms with Gasteiger partial charge in [-0.3, -0.25) is 14.5 Å². The molecule has 0 saturated carbocycles. The van der Waals surface area contributed by atoms with Crippen LogP contribution in [0.2, 0.25) is 0 Å². The van der Waals surface area contributed by atoms with E-state index < -0.39 is 0 Å². The predicted molar refractivity (Wildman–Crippen MR) is 239 cm³/mol. The third kappa shape index (κ3) is 13.8. The topological polar surface area (TPSA) is 80.9 Å². The number of carbonyl (C=O) groups is 1. The van der Waals surface area contributed by atoms with E-state index >= 15 is 0 Å². The number of nitrogens with zero attached hydrogens (tertiary/aromatic N) is 3. The molecule has 3 aromatic rings. The Morgan fingerprint density at radius 3 is 1.96 bits per heavy atom. The number of carbonyl (C=O) groups excluding carboxylic acids is 1. The Balaban J connectivity index is 1.13. The molecule has 2 saturated heterocycles. The van der Waals surface area contributed by atoms with Crippen molar-refractivity contribution in [2.45, 2.75) is 150 Å². The van der Waals surface area contributed by atoms with E-state index in [0.717, 1.165) is 99.0 Å². The Morgan fingerprint density at radius 2 is 1.37 bits per heavy atom. The number of anilines is 1. The molecular weight excluding hydrogens is 707 g/mol. The Morgan fingerprint density at radius 1 is 0.772 bits per heavy atom. The summed E-state index contributed by atoms with van der Waals surface area (Å²) >= 11 is 0. The van der Waals surface area contributed by atoms with E-state index in [-0.39, 0.29) is 18.0 Å². The molecule has 2 aliphatic rings. The van der Waals surface area contributed by atoms with Crippen LogP contribution in [0.1, 0.15) is 148 Å². The number of nitrogens with one attached hydrogen (secondary N) is 2. The first-order chi connectivity index (χ1) is 27.8. The first kappa shape index (κ1) is 44.6. The third-order valence-electron chi connectivity index (χ3n) is 12.6. The van der Waals surface area contributed by atoms with Gasteiger partial charge in [0.25, 0.3) is 11.5 Å². The number of hydrogen-bond acceptors (Lipinski definition) is 6. The molecule has 314 valence electrons. The highest BCUT2D eigenvalue weighted by Crippen LogP contribution is 2.34. The molecule has 2 aliphatic heterocycles. The van der Waals surface area contributed by atoms with Crippen molar-refractivity contribution >= 4 is 11.6 Å². The summed E-state index contributed by atoms with van der Waals surface area (Å²) in [6, 6.07) is 15.6. The SMILES string of the molecule is CCCCCCCCCCCCCCCN1CCN(Cc2ccc(-c3cc(C(=O)NCc4c(C)cc(C)[nH]c4=O)c(C)c(N(CC)C4CCOCC4)c3)cc2)CC1. The Bertz CT molecular complexity index is 1710. The van der Waals surface area contributed by atoms with E-state index in [1.54, 1.807) is 0 Å². The molecule has 1 amide bonds. The van der Waals surface area contributed by atoms with E-state index in [2.05, 4.69) is 76.1 Å². The highest BCUT2D eigenvalue weighted by Gasteiger charge is 2.25. The van der Waals surface area contributed by atoms with Crippen LogP contribution >= 0.6 is 0 Å². The lowest BCUT2D eigenvalue weighted by molar-refractivity contribution is 0.0846. The van der Waals surface area contributed by atoms with E-state index in [1.807, 2.05) is 26.0 Å². The van der Waals surface area contributed by atoms with Gasteiger partial charge in [0, 0.05) is 87.6 Å². The van der Waals surface area contributed by atoms with E-state index in [1.165, 1.54) is 95.6 Å². The monoisotopic (exact) mass is 782 g/mol. The lowest BCUT2D eigenvalue weighted by Crippen LogP contribution is -2.46. The molecule has 5 rings (SSSR count). The minimum absolute atomic E-state index is 0.150. The molecule has 8 nitrogen and oxygen atoms in total. The number of H-pyrrole nitrogens is 1. The molecule has 2 aromatic carbocycles. The van der Waals surface area contributed by atoms with Crippen LogP contribution in [0.4, 0.5) is 5.69 Å². The zero-order valence-electron chi connectivity index (χ0n) is 36.4. The Labute approximate surface area is 345 Å². The van der Waals surface area contributed by atoms with Gasteiger partial charge >= 0.3 is 0 Å². The summed E-state index contributed by atoms with van der Waals surface area (Å²) in [6.07, 6.45) is 20.2. The summed E-state index contributed by atoms with van der Waals surface area (Å²) in [5, 5.41) is 3.08. The van der Waals surface area contributed by atoms with Gasteiger partial charge in [0.05, 0.1) is 0 Å².